The number of nitrogens with zero attached hydrogens (tertiary/aromatic N) is 1. The first-order valence-electron chi connectivity index (χ1n) is 8.84. The molecular formula is C17H30N2O3. The highest BCUT2D eigenvalue weighted by Gasteiger charge is 2.40. The maximum absolute atomic E-state index is 11.9. The van der Waals surface area contributed by atoms with Gasteiger partial charge in [-0.05, 0) is 51.0 Å². The Morgan fingerprint density at radius 1 is 1.27 bits per heavy atom. The maximum Gasteiger partial charge on any atom is 0.246 e. The minimum Gasteiger partial charge on any atom is -0.376 e. The Hall–Kier alpha value is -0.650. The molecule has 1 aliphatic carbocycles. The lowest BCUT2D eigenvalue weighted by atomic mass is 9.65. The summed E-state index contributed by atoms with van der Waals surface area (Å²) in [5, 5.41) is 2.96. The van der Waals surface area contributed by atoms with Crippen LogP contribution in [-0.4, -0.2) is 62.9 Å². The van der Waals surface area contributed by atoms with Crippen LogP contribution in [0, 0.1) is 5.41 Å². The monoisotopic (exact) mass is 310 g/mol. The van der Waals surface area contributed by atoms with E-state index in [2.05, 4.69) is 17.3 Å². The van der Waals surface area contributed by atoms with Gasteiger partial charge in [-0.1, -0.05) is 6.42 Å². The predicted molar refractivity (Wildman–Crippen MR) is 84.7 cm³/mol. The summed E-state index contributed by atoms with van der Waals surface area (Å²) in [7, 11) is 2.13. The van der Waals surface area contributed by atoms with Gasteiger partial charge in [0.15, 0.2) is 0 Å². The van der Waals surface area contributed by atoms with Gasteiger partial charge in [-0.3, -0.25) is 4.79 Å². The first kappa shape index (κ1) is 16.2. The molecule has 1 N–H and O–H groups in total. The molecular weight excluding hydrogens is 280 g/mol. The van der Waals surface area contributed by atoms with Crippen molar-refractivity contribution in [1.29, 1.82) is 0 Å². The molecule has 1 spiro atoms. The van der Waals surface area contributed by atoms with Gasteiger partial charge in [0.2, 0.25) is 5.91 Å². The van der Waals surface area contributed by atoms with Crippen LogP contribution < -0.4 is 5.32 Å². The van der Waals surface area contributed by atoms with Gasteiger partial charge in [0, 0.05) is 19.6 Å². The van der Waals surface area contributed by atoms with E-state index in [0.717, 1.165) is 39.0 Å². The smallest absolute Gasteiger partial charge is 0.246 e. The molecule has 0 radical (unpaired) electrons. The molecule has 2 aliphatic heterocycles. The number of carbonyl (C=O) groups is 1. The second-order valence-corrected chi connectivity index (χ2v) is 7.44. The number of likely N-dealkylation sites (tertiary alicyclic amines) is 1. The van der Waals surface area contributed by atoms with Crippen LogP contribution in [0.15, 0.2) is 0 Å². The molecule has 2 heterocycles. The average Bonchev–Trinajstić information content (AvgIpc) is 2.51. The van der Waals surface area contributed by atoms with Crippen molar-refractivity contribution in [2.45, 2.75) is 57.2 Å². The van der Waals surface area contributed by atoms with Crippen LogP contribution in [0.5, 0.6) is 0 Å². The van der Waals surface area contributed by atoms with Gasteiger partial charge >= 0.3 is 0 Å². The highest BCUT2D eigenvalue weighted by Crippen LogP contribution is 2.47. The van der Waals surface area contributed by atoms with E-state index < -0.39 is 0 Å². The Bertz CT molecular complexity index is 366. The van der Waals surface area contributed by atoms with Gasteiger partial charge in [0.25, 0.3) is 0 Å². The molecule has 0 aromatic rings. The zero-order chi connectivity index (χ0) is 15.4. The summed E-state index contributed by atoms with van der Waals surface area (Å²) in [6, 6.07) is 0. The second-order valence-electron chi connectivity index (χ2n) is 7.44. The summed E-state index contributed by atoms with van der Waals surface area (Å²) < 4.78 is 11.6. The molecule has 0 aromatic heterocycles. The van der Waals surface area contributed by atoms with E-state index in [0.29, 0.717) is 12.0 Å². The van der Waals surface area contributed by atoms with Crippen molar-refractivity contribution in [2.24, 2.45) is 5.41 Å². The van der Waals surface area contributed by atoms with Crippen molar-refractivity contribution in [3.63, 3.8) is 0 Å². The van der Waals surface area contributed by atoms with Crippen LogP contribution in [0.3, 0.4) is 0 Å². The number of amides is 1. The maximum atomic E-state index is 11.9. The lowest BCUT2D eigenvalue weighted by Gasteiger charge is -2.46. The van der Waals surface area contributed by atoms with Crippen LogP contribution in [0.1, 0.15) is 44.9 Å². The summed E-state index contributed by atoms with van der Waals surface area (Å²) in [6.45, 7) is 3.82. The number of rotatable bonds is 5. The van der Waals surface area contributed by atoms with Gasteiger partial charge in [-0.25, -0.2) is 0 Å². The molecule has 1 unspecified atom stereocenters. The van der Waals surface area contributed by atoms with Crippen molar-refractivity contribution in [2.75, 3.05) is 39.9 Å². The van der Waals surface area contributed by atoms with Gasteiger partial charge in [-0.2, -0.15) is 0 Å². The van der Waals surface area contributed by atoms with Crippen LogP contribution in [0.25, 0.3) is 0 Å². The summed E-state index contributed by atoms with van der Waals surface area (Å²) in [4.78, 5) is 14.2. The number of hydrogen-bond acceptors (Lipinski definition) is 4. The normalized spacial score (nSPS) is 29.2. The summed E-state index contributed by atoms with van der Waals surface area (Å²) >= 11 is 0. The molecule has 1 saturated carbocycles. The Balaban J connectivity index is 1.26. The van der Waals surface area contributed by atoms with Crippen LogP contribution in [-0.2, 0) is 14.3 Å². The SMILES string of the molecule is CN1CCC(OCC(=O)NCC2CCC3(CCC3)CO2)CC1. The van der Waals surface area contributed by atoms with Gasteiger partial charge in [0.1, 0.15) is 6.61 Å². The predicted octanol–water partition coefficient (Wildman–Crippen LogP) is 1.56. The molecule has 3 fully saturated rings. The van der Waals surface area contributed by atoms with Crippen LogP contribution in [0.4, 0.5) is 0 Å². The molecule has 0 bridgehead atoms. The van der Waals surface area contributed by atoms with Crippen molar-refractivity contribution in [1.82, 2.24) is 10.2 Å². The molecule has 3 rings (SSSR count). The van der Waals surface area contributed by atoms with Crippen molar-refractivity contribution >= 4 is 5.91 Å². The highest BCUT2D eigenvalue weighted by atomic mass is 16.5. The highest BCUT2D eigenvalue weighted by molar-refractivity contribution is 5.77. The third-order valence-electron chi connectivity index (χ3n) is 5.68. The van der Waals surface area contributed by atoms with Gasteiger partial charge in [0.05, 0.1) is 18.8 Å². The van der Waals surface area contributed by atoms with E-state index >= 15 is 0 Å². The largest absolute Gasteiger partial charge is 0.376 e. The standard InChI is InChI=1S/C17H30N2O3/c1-19-9-4-14(5-10-19)21-12-16(20)18-11-15-3-8-17(13-22-15)6-2-7-17/h14-15H,2-13H2,1H3,(H,18,20). The molecule has 2 saturated heterocycles. The summed E-state index contributed by atoms with van der Waals surface area (Å²) in [5.41, 5.74) is 0.498. The van der Waals surface area contributed by atoms with E-state index in [9.17, 15) is 4.79 Å². The second kappa shape index (κ2) is 7.28. The fraction of sp³-hybridized carbons (Fsp3) is 0.941. The van der Waals surface area contributed by atoms with Crippen molar-refractivity contribution in [3.05, 3.63) is 0 Å². The third-order valence-corrected chi connectivity index (χ3v) is 5.68. The van der Waals surface area contributed by atoms with Crippen molar-refractivity contribution in [3.8, 4) is 0 Å². The quantitative estimate of drug-likeness (QED) is 0.837. The van der Waals surface area contributed by atoms with Crippen molar-refractivity contribution < 1.29 is 14.3 Å². The number of carbonyl (C=O) groups excluding carboxylic acids is 1. The zero-order valence-electron chi connectivity index (χ0n) is 13.8. The Labute approximate surface area is 133 Å². The molecule has 126 valence electrons. The topological polar surface area (TPSA) is 50.8 Å². The molecule has 1 amide bonds. The average molecular weight is 310 g/mol. The summed E-state index contributed by atoms with van der Waals surface area (Å²) in [5.74, 6) is -0.00791. The molecule has 3 aliphatic rings. The minimum absolute atomic E-state index is 0.00791. The zero-order valence-corrected chi connectivity index (χ0v) is 13.8. The fourth-order valence-electron chi connectivity index (χ4n) is 3.77. The van der Waals surface area contributed by atoms with Crippen LogP contribution >= 0.6 is 0 Å². The number of nitrogens with one attached hydrogen (secondary N) is 1. The van der Waals surface area contributed by atoms with Gasteiger partial charge in [-0.15, -0.1) is 0 Å². The lowest BCUT2D eigenvalue weighted by molar-refractivity contribution is -0.131. The molecule has 5 heteroatoms. The minimum atomic E-state index is -0.00791. The first-order chi connectivity index (χ1) is 10.7. The Morgan fingerprint density at radius 3 is 2.64 bits per heavy atom. The number of ether oxygens (including phenoxy) is 2. The van der Waals surface area contributed by atoms with Gasteiger partial charge < -0.3 is 19.7 Å². The summed E-state index contributed by atoms with van der Waals surface area (Å²) in [6.07, 6.45) is 8.85. The first-order valence-corrected chi connectivity index (χ1v) is 8.84. The van der Waals surface area contributed by atoms with E-state index in [-0.39, 0.29) is 24.7 Å². The third kappa shape index (κ3) is 4.21. The molecule has 5 nitrogen and oxygen atoms in total. The molecule has 0 aromatic carbocycles. The Kier molecular flexibility index (Phi) is 5.37. The lowest BCUT2D eigenvalue weighted by Crippen LogP contribution is -2.45. The number of hydrogen-bond donors (Lipinski definition) is 1. The fourth-order valence-corrected chi connectivity index (χ4v) is 3.77. The number of piperidine rings is 1. The van der Waals surface area contributed by atoms with E-state index in [1.807, 2.05) is 0 Å². The van der Waals surface area contributed by atoms with E-state index in [1.165, 1.54) is 25.7 Å². The molecule has 22 heavy (non-hydrogen) atoms. The van der Waals surface area contributed by atoms with Crippen LogP contribution in [0.2, 0.25) is 0 Å². The van der Waals surface area contributed by atoms with E-state index in [4.69, 9.17) is 9.47 Å². The Morgan fingerprint density at radius 2 is 2.05 bits per heavy atom. The van der Waals surface area contributed by atoms with E-state index in [1.54, 1.807) is 0 Å². The molecule has 1 atom stereocenters.